The first-order chi connectivity index (χ1) is 9.56. The number of nitrogens with zero attached hydrogens (tertiary/aromatic N) is 1. The number of thiazole rings is 1. The summed E-state index contributed by atoms with van der Waals surface area (Å²) in [5, 5.41) is 10.2. The zero-order chi connectivity index (χ0) is 14.5. The van der Waals surface area contributed by atoms with Crippen LogP contribution in [0.2, 0.25) is 0 Å². The lowest BCUT2D eigenvalue weighted by Crippen LogP contribution is -2.02. The number of benzene rings is 1. The Balaban J connectivity index is 2.10. The molecule has 0 radical (unpaired) electrons. The minimum absolute atomic E-state index is 0.404. The van der Waals surface area contributed by atoms with Crippen LogP contribution in [0.25, 0.3) is 0 Å². The summed E-state index contributed by atoms with van der Waals surface area (Å²) in [4.78, 5) is 16.2. The Morgan fingerprint density at radius 1 is 1.25 bits per heavy atom. The van der Waals surface area contributed by atoms with E-state index in [1.54, 1.807) is 0 Å². The van der Waals surface area contributed by atoms with Crippen molar-refractivity contribution in [2.75, 3.05) is 0 Å². The van der Waals surface area contributed by atoms with Crippen LogP contribution >= 0.6 is 11.3 Å². The fraction of sp³-hybridized carbons (Fsp3) is 0.375. The Hall–Kier alpha value is -1.68. The third kappa shape index (κ3) is 3.90. The molecule has 1 N–H and O–H groups in total. The lowest BCUT2D eigenvalue weighted by molar-refractivity contribution is 0.0700. The Morgan fingerprint density at radius 2 is 1.95 bits per heavy atom. The number of hydrogen-bond acceptors (Lipinski definition) is 3. The molecule has 0 aliphatic rings. The summed E-state index contributed by atoms with van der Waals surface area (Å²) < 4.78 is 0. The van der Waals surface area contributed by atoms with Gasteiger partial charge in [0.1, 0.15) is 4.88 Å². The monoisotopic (exact) mass is 289 g/mol. The Morgan fingerprint density at radius 3 is 2.55 bits per heavy atom. The molecule has 0 bridgehead atoms. The topological polar surface area (TPSA) is 50.2 Å². The van der Waals surface area contributed by atoms with Crippen LogP contribution in [0.15, 0.2) is 30.3 Å². The molecule has 1 aromatic heterocycles. The van der Waals surface area contributed by atoms with E-state index >= 15 is 0 Å². The van der Waals surface area contributed by atoms with Crippen LogP contribution in [0.5, 0.6) is 0 Å². The number of rotatable bonds is 6. The maximum Gasteiger partial charge on any atom is 0.347 e. The quantitative estimate of drug-likeness (QED) is 0.879. The van der Waals surface area contributed by atoms with Crippen molar-refractivity contribution in [1.82, 2.24) is 4.98 Å². The van der Waals surface area contributed by atoms with Gasteiger partial charge in [0, 0.05) is 6.42 Å². The van der Waals surface area contributed by atoms with Crippen molar-refractivity contribution in [3.8, 4) is 0 Å². The van der Waals surface area contributed by atoms with Crippen molar-refractivity contribution in [3.63, 3.8) is 0 Å². The second kappa shape index (κ2) is 6.66. The molecule has 4 heteroatoms. The first-order valence-electron chi connectivity index (χ1n) is 6.82. The van der Waals surface area contributed by atoms with Gasteiger partial charge in [0.25, 0.3) is 0 Å². The van der Waals surface area contributed by atoms with Crippen molar-refractivity contribution in [3.05, 3.63) is 51.5 Å². The number of carbonyl (C=O) groups is 1. The predicted molar refractivity (Wildman–Crippen MR) is 81.5 cm³/mol. The second-order valence-corrected chi connectivity index (χ2v) is 6.36. The average molecular weight is 289 g/mol. The maximum atomic E-state index is 11.3. The molecule has 0 aliphatic heterocycles. The molecule has 20 heavy (non-hydrogen) atoms. The number of aryl methyl sites for hydroxylation is 2. The molecule has 2 rings (SSSR count). The van der Waals surface area contributed by atoms with Crippen LogP contribution in [-0.2, 0) is 19.3 Å². The largest absolute Gasteiger partial charge is 0.477 e. The van der Waals surface area contributed by atoms with Crippen LogP contribution in [0.1, 0.15) is 39.8 Å². The summed E-state index contributed by atoms with van der Waals surface area (Å²) in [6.45, 7) is 4.16. The van der Waals surface area contributed by atoms with Crippen LogP contribution in [-0.4, -0.2) is 16.1 Å². The summed E-state index contributed by atoms with van der Waals surface area (Å²) in [5.74, 6) is -0.443. The van der Waals surface area contributed by atoms with E-state index in [4.69, 9.17) is 0 Å². The number of aromatic nitrogens is 1. The Bertz CT molecular complexity index is 575. The maximum absolute atomic E-state index is 11.3. The summed E-state index contributed by atoms with van der Waals surface area (Å²) in [6, 6.07) is 10.2. The Labute approximate surface area is 123 Å². The van der Waals surface area contributed by atoms with Gasteiger partial charge in [-0.3, -0.25) is 0 Å². The number of carboxylic acids is 1. The second-order valence-electron chi connectivity index (χ2n) is 5.27. The average Bonchev–Trinajstić information content (AvgIpc) is 2.80. The standard InChI is InChI=1S/C16H19NO2S/c1-11(2)10-13-15(16(18)19)20-14(17-13)9-8-12-6-4-3-5-7-12/h3-7,11H,8-10H2,1-2H3,(H,18,19). The third-order valence-electron chi connectivity index (χ3n) is 3.01. The van der Waals surface area contributed by atoms with E-state index in [1.807, 2.05) is 18.2 Å². The SMILES string of the molecule is CC(C)Cc1nc(CCc2ccccc2)sc1C(=O)O. The van der Waals surface area contributed by atoms with Gasteiger partial charge in [0.05, 0.1) is 10.7 Å². The van der Waals surface area contributed by atoms with Crippen LogP contribution < -0.4 is 0 Å². The van der Waals surface area contributed by atoms with E-state index in [0.717, 1.165) is 30.0 Å². The molecule has 0 spiro atoms. The molecule has 0 saturated carbocycles. The first kappa shape index (κ1) is 14.7. The fourth-order valence-corrected chi connectivity index (χ4v) is 3.03. The highest BCUT2D eigenvalue weighted by Crippen LogP contribution is 2.22. The highest BCUT2D eigenvalue weighted by Gasteiger charge is 2.17. The van der Waals surface area contributed by atoms with Gasteiger partial charge in [-0.1, -0.05) is 44.2 Å². The van der Waals surface area contributed by atoms with Crippen molar-refractivity contribution in [2.45, 2.75) is 33.1 Å². The van der Waals surface area contributed by atoms with E-state index in [9.17, 15) is 9.90 Å². The van der Waals surface area contributed by atoms with Crippen molar-refractivity contribution in [2.24, 2.45) is 5.92 Å². The smallest absolute Gasteiger partial charge is 0.347 e. The predicted octanol–water partition coefficient (Wildman–Crippen LogP) is 3.83. The van der Waals surface area contributed by atoms with E-state index in [2.05, 4.69) is 31.0 Å². The van der Waals surface area contributed by atoms with Gasteiger partial charge in [0.15, 0.2) is 0 Å². The fourth-order valence-electron chi connectivity index (χ4n) is 2.10. The number of carboxylic acid groups (broad SMARTS) is 1. The van der Waals surface area contributed by atoms with Gasteiger partial charge >= 0.3 is 5.97 Å². The van der Waals surface area contributed by atoms with Gasteiger partial charge in [-0.05, 0) is 24.3 Å². The molecule has 2 aromatic rings. The molecule has 0 atom stereocenters. The molecule has 1 heterocycles. The van der Waals surface area contributed by atoms with Crippen molar-refractivity contribution in [1.29, 1.82) is 0 Å². The van der Waals surface area contributed by atoms with E-state index in [1.165, 1.54) is 16.9 Å². The van der Waals surface area contributed by atoms with E-state index in [0.29, 0.717) is 10.8 Å². The summed E-state index contributed by atoms with van der Waals surface area (Å²) in [5.41, 5.74) is 1.99. The molecule has 0 amide bonds. The zero-order valence-corrected chi connectivity index (χ0v) is 12.6. The molecule has 0 fully saturated rings. The summed E-state index contributed by atoms with van der Waals surface area (Å²) in [6.07, 6.45) is 2.42. The number of aromatic carboxylic acids is 1. The van der Waals surface area contributed by atoms with Crippen LogP contribution in [0.3, 0.4) is 0 Å². The molecule has 3 nitrogen and oxygen atoms in total. The molecule has 0 aliphatic carbocycles. The van der Waals surface area contributed by atoms with Gasteiger partial charge in [-0.15, -0.1) is 11.3 Å². The normalized spacial score (nSPS) is 10.9. The summed E-state index contributed by atoms with van der Waals surface area (Å²) in [7, 11) is 0. The molecule has 0 unspecified atom stereocenters. The van der Waals surface area contributed by atoms with Crippen molar-refractivity contribution >= 4 is 17.3 Å². The van der Waals surface area contributed by atoms with Gasteiger partial charge in [-0.2, -0.15) is 0 Å². The Kier molecular flexibility index (Phi) is 4.90. The van der Waals surface area contributed by atoms with E-state index < -0.39 is 5.97 Å². The lowest BCUT2D eigenvalue weighted by atomic mass is 10.1. The number of hydrogen-bond donors (Lipinski definition) is 1. The van der Waals surface area contributed by atoms with Gasteiger partial charge in [0.2, 0.25) is 0 Å². The van der Waals surface area contributed by atoms with Crippen LogP contribution in [0.4, 0.5) is 0 Å². The third-order valence-corrected chi connectivity index (χ3v) is 4.15. The van der Waals surface area contributed by atoms with Crippen molar-refractivity contribution < 1.29 is 9.90 Å². The summed E-state index contributed by atoms with van der Waals surface area (Å²) >= 11 is 1.32. The highest BCUT2D eigenvalue weighted by atomic mass is 32.1. The van der Waals surface area contributed by atoms with E-state index in [-0.39, 0.29) is 0 Å². The highest BCUT2D eigenvalue weighted by molar-refractivity contribution is 7.13. The molecular weight excluding hydrogens is 270 g/mol. The lowest BCUT2D eigenvalue weighted by Gasteiger charge is -2.01. The van der Waals surface area contributed by atoms with Gasteiger partial charge in [-0.25, -0.2) is 9.78 Å². The minimum Gasteiger partial charge on any atom is -0.477 e. The molecule has 106 valence electrons. The van der Waals surface area contributed by atoms with Gasteiger partial charge < -0.3 is 5.11 Å². The van der Waals surface area contributed by atoms with Crippen LogP contribution in [0, 0.1) is 5.92 Å². The molecule has 1 aromatic carbocycles. The first-order valence-corrected chi connectivity index (χ1v) is 7.63. The molecular formula is C16H19NO2S. The minimum atomic E-state index is -0.857. The molecule has 0 saturated heterocycles. The zero-order valence-electron chi connectivity index (χ0n) is 11.8.